The zero-order chi connectivity index (χ0) is 31.1. The molecule has 43 heavy (non-hydrogen) atoms. The first-order valence-corrected chi connectivity index (χ1v) is 17.0. The standard InChI is InChI=1S/C34H58N2O7/c1-3-4-5-6-7-8-9-10-11-12-13-14-15-16-17-18-19-20-21-33(39)43-31(23-30(38)34(40)27(2)37)29-25-41-32(36-29)22-28-24-35-26-42-28/h24-27,30-31,34,37-38,40H,3-23H2,1-2H3. The van der Waals surface area contributed by atoms with Crippen LogP contribution in [-0.4, -0.2) is 49.6 Å². The summed E-state index contributed by atoms with van der Waals surface area (Å²) < 4.78 is 16.4. The molecule has 0 aliphatic carbocycles. The molecule has 2 aromatic rings. The van der Waals surface area contributed by atoms with Gasteiger partial charge in [-0.1, -0.05) is 116 Å². The maximum absolute atomic E-state index is 12.6. The number of carbonyl (C=O) groups is 1. The Morgan fingerprint density at radius 3 is 1.84 bits per heavy atom. The number of aliphatic hydroxyl groups excluding tert-OH is 3. The van der Waals surface area contributed by atoms with Crippen LogP contribution in [0.2, 0.25) is 0 Å². The third kappa shape index (κ3) is 17.0. The van der Waals surface area contributed by atoms with E-state index in [0.29, 0.717) is 17.3 Å². The van der Waals surface area contributed by atoms with Crippen LogP contribution in [-0.2, 0) is 16.0 Å². The molecule has 0 spiro atoms. The monoisotopic (exact) mass is 606 g/mol. The minimum atomic E-state index is -1.38. The molecule has 4 unspecified atom stereocenters. The summed E-state index contributed by atoms with van der Waals surface area (Å²) in [6, 6.07) is 0. The van der Waals surface area contributed by atoms with Gasteiger partial charge in [-0.25, -0.2) is 9.97 Å². The summed E-state index contributed by atoms with van der Waals surface area (Å²) >= 11 is 0. The molecule has 0 saturated heterocycles. The number of oxazole rings is 2. The van der Waals surface area contributed by atoms with E-state index in [2.05, 4.69) is 16.9 Å². The van der Waals surface area contributed by atoms with Gasteiger partial charge in [0.1, 0.15) is 29.9 Å². The lowest BCUT2D eigenvalue weighted by Crippen LogP contribution is -2.37. The van der Waals surface area contributed by atoms with Crippen molar-refractivity contribution in [2.45, 2.75) is 173 Å². The minimum absolute atomic E-state index is 0.120. The first-order valence-electron chi connectivity index (χ1n) is 17.0. The van der Waals surface area contributed by atoms with E-state index in [-0.39, 0.29) is 25.2 Å². The number of unbranched alkanes of at least 4 members (excludes halogenated alkanes) is 17. The van der Waals surface area contributed by atoms with Gasteiger partial charge in [-0.3, -0.25) is 4.79 Å². The number of carbonyl (C=O) groups excluding carboxylic acids is 1. The van der Waals surface area contributed by atoms with Gasteiger partial charge in [-0.05, 0) is 13.3 Å². The minimum Gasteiger partial charge on any atom is -0.456 e. The number of nitrogens with zero attached hydrogens (tertiary/aromatic N) is 2. The maximum atomic E-state index is 12.6. The van der Waals surface area contributed by atoms with Crippen LogP contribution in [0.15, 0.2) is 27.7 Å². The Morgan fingerprint density at radius 1 is 0.814 bits per heavy atom. The van der Waals surface area contributed by atoms with Gasteiger partial charge in [-0.2, -0.15) is 0 Å². The van der Waals surface area contributed by atoms with E-state index in [1.807, 2.05) is 0 Å². The fourth-order valence-electron chi connectivity index (χ4n) is 5.33. The van der Waals surface area contributed by atoms with Crippen molar-refractivity contribution in [3.63, 3.8) is 0 Å². The summed E-state index contributed by atoms with van der Waals surface area (Å²) in [6.45, 7) is 3.66. The highest BCUT2D eigenvalue weighted by molar-refractivity contribution is 5.69. The van der Waals surface area contributed by atoms with Crippen LogP contribution >= 0.6 is 0 Å². The third-order valence-corrected chi connectivity index (χ3v) is 8.06. The van der Waals surface area contributed by atoms with Gasteiger partial charge in [0.2, 0.25) is 5.89 Å². The Hall–Kier alpha value is -2.23. The molecule has 3 N–H and O–H groups in total. The highest BCUT2D eigenvalue weighted by Crippen LogP contribution is 2.26. The molecule has 2 rings (SSSR count). The predicted octanol–water partition coefficient (Wildman–Crippen LogP) is 7.76. The molecular weight excluding hydrogens is 548 g/mol. The zero-order valence-corrected chi connectivity index (χ0v) is 26.8. The molecule has 9 heteroatoms. The van der Waals surface area contributed by atoms with E-state index in [4.69, 9.17) is 13.6 Å². The van der Waals surface area contributed by atoms with Crippen LogP contribution in [0.1, 0.15) is 166 Å². The van der Waals surface area contributed by atoms with Crippen LogP contribution in [0.3, 0.4) is 0 Å². The average Bonchev–Trinajstić information content (AvgIpc) is 3.68. The number of rotatable bonds is 27. The van der Waals surface area contributed by atoms with E-state index >= 15 is 0 Å². The zero-order valence-electron chi connectivity index (χ0n) is 26.8. The second kappa shape index (κ2) is 23.2. The highest BCUT2D eigenvalue weighted by atomic mass is 16.5. The van der Waals surface area contributed by atoms with E-state index in [9.17, 15) is 20.1 Å². The number of hydrogen-bond acceptors (Lipinski definition) is 9. The van der Waals surface area contributed by atoms with Crippen molar-refractivity contribution < 1.29 is 33.7 Å². The van der Waals surface area contributed by atoms with Crippen molar-refractivity contribution >= 4 is 5.97 Å². The van der Waals surface area contributed by atoms with Crippen LogP contribution < -0.4 is 0 Å². The molecule has 0 fully saturated rings. The second-order valence-electron chi connectivity index (χ2n) is 12.1. The number of esters is 1. The van der Waals surface area contributed by atoms with Crippen molar-refractivity contribution in [2.24, 2.45) is 0 Å². The molecule has 0 aliphatic rings. The first-order chi connectivity index (χ1) is 20.9. The topological polar surface area (TPSA) is 139 Å². The number of aliphatic hydroxyl groups is 3. The van der Waals surface area contributed by atoms with Crippen molar-refractivity contribution in [1.29, 1.82) is 0 Å². The predicted molar refractivity (Wildman–Crippen MR) is 166 cm³/mol. The maximum Gasteiger partial charge on any atom is 0.306 e. The molecule has 0 aromatic carbocycles. The lowest BCUT2D eigenvalue weighted by Gasteiger charge is -2.24. The second-order valence-corrected chi connectivity index (χ2v) is 12.1. The summed E-state index contributed by atoms with van der Waals surface area (Å²) in [6.07, 6.45) is 23.0. The summed E-state index contributed by atoms with van der Waals surface area (Å²) in [7, 11) is 0. The molecule has 0 amide bonds. The summed E-state index contributed by atoms with van der Waals surface area (Å²) in [5, 5.41) is 30.1. The van der Waals surface area contributed by atoms with Crippen LogP contribution in [0.4, 0.5) is 0 Å². The normalized spacial score (nSPS) is 14.4. The Bertz CT molecular complexity index is 931. The fourth-order valence-corrected chi connectivity index (χ4v) is 5.33. The molecule has 4 atom stereocenters. The highest BCUT2D eigenvalue weighted by Gasteiger charge is 2.29. The summed E-state index contributed by atoms with van der Waals surface area (Å²) in [5.74, 6) is 0.530. The summed E-state index contributed by atoms with van der Waals surface area (Å²) in [5.41, 5.74) is 0.331. The smallest absolute Gasteiger partial charge is 0.306 e. The van der Waals surface area contributed by atoms with Gasteiger partial charge in [0.05, 0.1) is 24.8 Å². The van der Waals surface area contributed by atoms with Gasteiger partial charge in [0.25, 0.3) is 0 Å². The van der Waals surface area contributed by atoms with Crippen molar-refractivity contribution in [3.05, 3.63) is 36.2 Å². The Morgan fingerprint density at radius 2 is 1.35 bits per heavy atom. The first kappa shape index (κ1) is 37.0. The SMILES string of the molecule is CCCCCCCCCCCCCCCCCCCCC(=O)OC(CC(O)C(O)C(C)O)c1coc(Cc2cnco2)n1. The van der Waals surface area contributed by atoms with Gasteiger partial charge >= 0.3 is 5.97 Å². The van der Waals surface area contributed by atoms with Crippen molar-refractivity contribution in [3.8, 4) is 0 Å². The molecule has 2 heterocycles. The van der Waals surface area contributed by atoms with E-state index < -0.39 is 24.4 Å². The van der Waals surface area contributed by atoms with Gasteiger partial charge < -0.3 is 28.9 Å². The van der Waals surface area contributed by atoms with Crippen molar-refractivity contribution in [1.82, 2.24) is 9.97 Å². The Labute approximate surface area is 258 Å². The number of ether oxygens (including phenoxy) is 1. The molecule has 246 valence electrons. The van der Waals surface area contributed by atoms with Crippen LogP contribution in [0.25, 0.3) is 0 Å². The largest absolute Gasteiger partial charge is 0.456 e. The quantitative estimate of drug-likeness (QED) is 0.0687. The van der Waals surface area contributed by atoms with Crippen LogP contribution in [0.5, 0.6) is 0 Å². The fraction of sp³-hybridized carbons (Fsp3) is 0.794. The Balaban J connectivity index is 1.57. The number of aromatic nitrogens is 2. The molecule has 9 nitrogen and oxygen atoms in total. The van der Waals surface area contributed by atoms with Crippen molar-refractivity contribution in [2.75, 3.05) is 0 Å². The molecule has 0 bridgehead atoms. The van der Waals surface area contributed by atoms with E-state index in [0.717, 1.165) is 19.3 Å². The van der Waals surface area contributed by atoms with E-state index in [1.54, 1.807) is 6.20 Å². The van der Waals surface area contributed by atoms with Crippen LogP contribution in [0, 0.1) is 0 Å². The summed E-state index contributed by atoms with van der Waals surface area (Å²) in [4.78, 5) is 20.9. The molecular formula is C34H58N2O7. The third-order valence-electron chi connectivity index (χ3n) is 8.06. The molecule has 0 saturated carbocycles. The lowest BCUT2D eigenvalue weighted by molar-refractivity contribution is -0.153. The van der Waals surface area contributed by atoms with Gasteiger partial charge in [0.15, 0.2) is 6.39 Å². The molecule has 0 aliphatic heterocycles. The Kier molecular flexibility index (Phi) is 19.9. The van der Waals surface area contributed by atoms with Gasteiger partial charge in [-0.15, -0.1) is 0 Å². The average molecular weight is 607 g/mol. The van der Waals surface area contributed by atoms with Gasteiger partial charge in [0, 0.05) is 12.8 Å². The molecule has 0 radical (unpaired) electrons. The molecule has 2 aromatic heterocycles. The van der Waals surface area contributed by atoms with E-state index in [1.165, 1.54) is 116 Å². The number of hydrogen-bond donors (Lipinski definition) is 3. The lowest BCUT2D eigenvalue weighted by atomic mass is 10.0.